The fourth-order valence-electron chi connectivity index (χ4n) is 4.72. The van der Waals surface area contributed by atoms with Crippen molar-refractivity contribution in [3.8, 4) is 11.4 Å². The topological polar surface area (TPSA) is 84.7 Å². The molecule has 1 aliphatic heterocycles. The molecule has 196 valence electrons. The second kappa shape index (κ2) is 10.8. The monoisotopic (exact) mass is 582 g/mol. The number of hydrogen-bond acceptors (Lipinski definition) is 6. The summed E-state index contributed by atoms with van der Waals surface area (Å²) in [6, 6.07) is 11.5. The van der Waals surface area contributed by atoms with E-state index in [1.54, 1.807) is 42.6 Å². The van der Waals surface area contributed by atoms with Crippen molar-refractivity contribution in [2.45, 2.75) is 36.7 Å². The molecule has 1 aromatic heterocycles. The van der Waals surface area contributed by atoms with Gasteiger partial charge in [-0.25, -0.2) is 8.42 Å². The maximum atomic E-state index is 13.6. The Kier molecular flexibility index (Phi) is 7.70. The zero-order valence-corrected chi connectivity index (χ0v) is 22.9. The average Bonchev–Trinajstić information content (AvgIpc) is 3.40. The number of halogens is 3. The summed E-state index contributed by atoms with van der Waals surface area (Å²) < 4.78 is 35.4. The van der Waals surface area contributed by atoms with Crippen molar-refractivity contribution in [1.82, 2.24) is 14.1 Å². The van der Waals surface area contributed by atoms with Crippen LogP contribution in [0.25, 0.3) is 5.69 Å². The highest BCUT2D eigenvalue weighted by molar-refractivity contribution is 7.89. The van der Waals surface area contributed by atoms with Gasteiger partial charge in [0.25, 0.3) is 0 Å². The Balaban J connectivity index is 1.43. The Morgan fingerprint density at radius 2 is 1.65 bits per heavy atom. The van der Waals surface area contributed by atoms with Gasteiger partial charge in [0.2, 0.25) is 15.8 Å². The van der Waals surface area contributed by atoms with Crippen LogP contribution in [-0.2, 0) is 10.0 Å². The summed E-state index contributed by atoms with van der Waals surface area (Å²) in [4.78, 5) is 15.5. The number of piperazine rings is 1. The second-order valence-corrected chi connectivity index (χ2v) is 12.2. The van der Waals surface area contributed by atoms with Gasteiger partial charge in [-0.2, -0.15) is 14.1 Å². The first-order valence-corrected chi connectivity index (χ1v) is 14.6. The molecule has 0 amide bonds. The summed E-state index contributed by atoms with van der Waals surface area (Å²) in [6.45, 7) is 1.10. The molecule has 0 spiro atoms. The van der Waals surface area contributed by atoms with Gasteiger partial charge in [-0.1, -0.05) is 46.9 Å². The molecule has 2 heterocycles. The first kappa shape index (κ1) is 26.3. The standard InChI is InChI=1S/C25H25Cl3N4O4S/c26-17-5-3-6-18(15-17)32-25(33)24(36-19-7-1-2-8-19)21(16-29-32)30-11-13-31(14-12-30)37(34,35)22-10-4-9-20(27)23(22)28/h3-6,9-10,15-16,19H,1-2,7-8,11-14H2. The van der Waals surface area contributed by atoms with Gasteiger partial charge in [0.1, 0.15) is 10.6 Å². The number of ether oxygens (including phenoxy) is 1. The molecule has 0 bridgehead atoms. The van der Waals surface area contributed by atoms with Crippen molar-refractivity contribution in [2.24, 2.45) is 0 Å². The van der Waals surface area contributed by atoms with Gasteiger partial charge in [0, 0.05) is 31.2 Å². The lowest BCUT2D eigenvalue weighted by Crippen LogP contribution is -2.49. The zero-order valence-electron chi connectivity index (χ0n) is 19.8. The Morgan fingerprint density at radius 3 is 2.35 bits per heavy atom. The van der Waals surface area contributed by atoms with Crippen LogP contribution >= 0.6 is 34.8 Å². The third kappa shape index (κ3) is 5.33. The molecule has 0 unspecified atom stereocenters. The third-order valence-electron chi connectivity index (χ3n) is 6.67. The molecule has 0 radical (unpaired) electrons. The minimum Gasteiger partial charge on any atom is -0.483 e. The van der Waals surface area contributed by atoms with Gasteiger partial charge in [-0.15, -0.1) is 0 Å². The summed E-state index contributed by atoms with van der Waals surface area (Å²) >= 11 is 18.4. The van der Waals surface area contributed by atoms with Gasteiger partial charge < -0.3 is 9.64 Å². The summed E-state index contributed by atoms with van der Waals surface area (Å²) in [5.74, 6) is 0.219. The lowest BCUT2D eigenvalue weighted by Gasteiger charge is -2.36. The molecule has 5 rings (SSSR count). The third-order valence-corrected chi connectivity index (χ3v) is 9.77. The molecular weight excluding hydrogens is 559 g/mol. The molecular formula is C25H25Cl3N4O4S. The summed E-state index contributed by atoms with van der Waals surface area (Å²) in [6.07, 6.45) is 5.42. The number of hydrogen-bond donors (Lipinski definition) is 0. The number of nitrogens with zero attached hydrogens (tertiary/aromatic N) is 4. The summed E-state index contributed by atoms with van der Waals surface area (Å²) in [5, 5.41) is 5.08. The number of anilines is 1. The Labute approximate surface area is 230 Å². The van der Waals surface area contributed by atoms with Gasteiger partial charge in [-0.05, 0) is 56.0 Å². The minimum absolute atomic E-state index is 0.00710. The molecule has 37 heavy (non-hydrogen) atoms. The fourth-order valence-corrected chi connectivity index (χ4v) is 7.06. The van der Waals surface area contributed by atoms with Crippen LogP contribution in [0.5, 0.6) is 5.75 Å². The highest BCUT2D eigenvalue weighted by Gasteiger charge is 2.33. The van der Waals surface area contributed by atoms with E-state index in [0.717, 1.165) is 25.7 Å². The van der Waals surface area contributed by atoms with E-state index in [0.29, 0.717) is 29.5 Å². The molecule has 2 aliphatic rings. The van der Waals surface area contributed by atoms with Gasteiger partial charge in [-0.3, -0.25) is 4.79 Å². The Morgan fingerprint density at radius 1 is 0.946 bits per heavy atom. The summed E-state index contributed by atoms with van der Waals surface area (Å²) in [7, 11) is -3.84. The highest BCUT2D eigenvalue weighted by atomic mass is 35.5. The average molecular weight is 584 g/mol. The smallest absolute Gasteiger partial charge is 0.316 e. The first-order valence-electron chi connectivity index (χ1n) is 12.0. The van der Waals surface area contributed by atoms with Crippen LogP contribution in [0.1, 0.15) is 25.7 Å². The Hall–Kier alpha value is -2.30. The lowest BCUT2D eigenvalue weighted by atomic mass is 10.2. The van der Waals surface area contributed by atoms with E-state index in [9.17, 15) is 13.2 Å². The van der Waals surface area contributed by atoms with Gasteiger partial charge in [0.15, 0.2) is 0 Å². The van der Waals surface area contributed by atoms with E-state index in [4.69, 9.17) is 39.5 Å². The number of sulfonamides is 1. The summed E-state index contributed by atoms with van der Waals surface area (Å²) in [5.41, 5.74) is 0.704. The highest BCUT2D eigenvalue weighted by Crippen LogP contribution is 2.33. The SMILES string of the molecule is O=c1c(OC2CCCC2)c(N2CCN(S(=O)(=O)c3cccc(Cl)c3Cl)CC2)cnn1-c1cccc(Cl)c1. The molecule has 1 saturated carbocycles. The zero-order chi connectivity index (χ0) is 26.2. The lowest BCUT2D eigenvalue weighted by molar-refractivity contribution is 0.205. The van der Waals surface area contributed by atoms with E-state index < -0.39 is 10.0 Å². The maximum absolute atomic E-state index is 13.6. The first-order chi connectivity index (χ1) is 17.8. The predicted octanol–water partition coefficient (Wildman–Crippen LogP) is 5.03. The van der Waals surface area contributed by atoms with Crippen molar-refractivity contribution in [3.63, 3.8) is 0 Å². The van der Waals surface area contributed by atoms with Crippen LogP contribution in [-0.4, -0.2) is 54.8 Å². The molecule has 0 atom stereocenters. The van der Waals surface area contributed by atoms with Crippen LogP contribution < -0.4 is 15.2 Å². The van der Waals surface area contributed by atoms with E-state index in [-0.39, 0.29) is 45.4 Å². The van der Waals surface area contributed by atoms with Crippen LogP contribution in [0.3, 0.4) is 0 Å². The van der Waals surface area contributed by atoms with Gasteiger partial charge in [0.05, 0.1) is 28.0 Å². The maximum Gasteiger partial charge on any atom is 0.316 e. The fraction of sp³-hybridized carbons (Fsp3) is 0.360. The van der Waals surface area contributed by atoms with Crippen molar-refractivity contribution < 1.29 is 13.2 Å². The minimum atomic E-state index is -3.84. The van der Waals surface area contributed by atoms with Crippen molar-refractivity contribution >= 4 is 50.5 Å². The van der Waals surface area contributed by atoms with Crippen LogP contribution in [0.15, 0.2) is 58.4 Å². The normalized spacial score (nSPS) is 17.3. The van der Waals surface area contributed by atoms with Gasteiger partial charge >= 0.3 is 5.56 Å². The van der Waals surface area contributed by atoms with Crippen LogP contribution in [0, 0.1) is 0 Å². The van der Waals surface area contributed by atoms with E-state index in [2.05, 4.69) is 5.10 Å². The number of aromatic nitrogens is 2. The van der Waals surface area contributed by atoms with Crippen molar-refractivity contribution in [3.05, 3.63) is 74.1 Å². The molecule has 1 aliphatic carbocycles. The molecule has 0 N–H and O–H groups in total. The van der Waals surface area contributed by atoms with E-state index >= 15 is 0 Å². The molecule has 12 heteroatoms. The molecule has 2 fully saturated rings. The van der Waals surface area contributed by atoms with Crippen LogP contribution in [0.2, 0.25) is 15.1 Å². The molecule has 8 nitrogen and oxygen atoms in total. The largest absolute Gasteiger partial charge is 0.483 e. The van der Waals surface area contributed by atoms with E-state index in [1.807, 2.05) is 4.90 Å². The number of benzene rings is 2. The van der Waals surface area contributed by atoms with Crippen LogP contribution in [0.4, 0.5) is 5.69 Å². The van der Waals surface area contributed by atoms with Crippen molar-refractivity contribution in [2.75, 3.05) is 31.1 Å². The van der Waals surface area contributed by atoms with Crippen molar-refractivity contribution in [1.29, 1.82) is 0 Å². The quantitative estimate of drug-likeness (QED) is 0.405. The van der Waals surface area contributed by atoms with E-state index in [1.165, 1.54) is 15.1 Å². The second-order valence-electron chi connectivity index (χ2n) is 9.02. The molecule has 1 saturated heterocycles. The predicted molar refractivity (Wildman–Crippen MR) is 145 cm³/mol. The molecule has 2 aromatic carbocycles. The molecule has 3 aromatic rings. The Bertz CT molecular complexity index is 1470. The number of rotatable bonds is 6.